The van der Waals surface area contributed by atoms with E-state index in [1.165, 1.54) is 6.21 Å². The third-order valence-electron chi connectivity index (χ3n) is 3.53. The summed E-state index contributed by atoms with van der Waals surface area (Å²) < 4.78 is 10.8. The van der Waals surface area contributed by atoms with E-state index in [-0.39, 0.29) is 5.91 Å². The highest BCUT2D eigenvalue weighted by Crippen LogP contribution is 2.30. The van der Waals surface area contributed by atoms with Crippen LogP contribution >= 0.6 is 23.2 Å². The second-order valence-electron chi connectivity index (χ2n) is 5.26. The van der Waals surface area contributed by atoms with Crippen LogP contribution in [0.25, 0.3) is 11.3 Å². The van der Waals surface area contributed by atoms with Gasteiger partial charge >= 0.3 is 0 Å². The summed E-state index contributed by atoms with van der Waals surface area (Å²) in [6.45, 7) is 0. The molecule has 0 aliphatic rings. The maximum atomic E-state index is 11.9. The third kappa shape index (κ3) is 4.25. The minimum absolute atomic E-state index is 0.341. The standard InChI is InChI=1S/C19H14Cl2N2O3/c1-25-18-8-4-13(10-16(18)21)17-9-7-15(26-17)11-22-23-19(24)12-2-5-14(20)6-3-12/h2-11H,1H3,(H,23,24). The molecule has 5 nitrogen and oxygen atoms in total. The van der Waals surface area contributed by atoms with Gasteiger partial charge in [0.05, 0.1) is 18.3 Å². The Morgan fingerprint density at radius 1 is 1.12 bits per heavy atom. The predicted molar refractivity (Wildman–Crippen MR) is 102 cm³/mol. The summed E-state index contributed by atoms with van der Waals surface area (Å²) >= 11 is 11.9. The van der Waals surface area contributed by atoms with Gasteiger partial charge in [-0.25, -0.2) is 5.43 Å². The minimum Gasteiger partial charge on any atom is -0.495 e. The Labute approximate surface area is 160 Å². The Hall–Kier alpha value is -2.76. The fourth-order valence-corrected chi connectivity index (χ4v) is 2.60. The van der Waals surface area contributed by atoms with Gasteiger partial charge in [-0.15, -0.1) is 0 Å². The van der Waals surface area contributed by atoms with Crippen molar-refractivity contribution >= 4 is 35.3 Å². The maximum Gasteiger partial charge on any atom is 0.271 e. The molecule has 3 aromatic rings. The second-order valence-corrected chi connectivity index (χ2v) is 6.10. The monoisotopic (exact) mass is 388 g/mol. The molecule has 1 heterocycles. The summed E-state index contributed by atoms with van der Waals surface area (Å²) in [4.78, 5) is 11.9. The number of furan rings is 1. The van der Waals surface area contributed by atoms with Crippen LogP contribution in [0.15, 0.2) is 64.1 Å². The Bertz CT molecular complexity index is 950. The molecule has 0 saturated heterocycles. The number of hydrogen-bond acceptors (Lipinski definition) is 4. The highest BCUT2D eigenvalue weighted by atomic mass is 35.5. The van der Waals surface area contributed by atoms with Crippen molar-refractivity contribution in [2.75, 3.05) is 7.11 Å². The number of halogens is 2. The van der Waals surface area contributed by atoms with Gasteiger partial charge < -0.3 is 9.15 Å². The minimum atomic E-state index is -0.341. The van der Waals surface area contributed by atoms with Crippen LogP contribution in [0.4, 0.5) is 0 Å². The number of rotatable bonds is 5. The number of nitrogens with one attached hydrogen (secondary N) is 1. The molecule has 132 valence electrons. The zero-order valence-electron chi connectivity index (χ0n) is 13.7. The van der Waals surface area contributed by atoms with Crippen LogP contribution in [0.2, 0.25) is 10.0 Å². The predicted octanol–water partition coefficient (Wildman–Crippen LogP) is 5.03. The average molecular weight is 389 g/mol. The summed E-state index contributed by atoms with van der Waals surface area (Å²) in [6.07, 6.45) is 1.42. The molecule has 1 aromatic heterocycles. The lowest BCUT2D eigenvalue weighted by Gasteiger charge is -2.04. The summed E-state index contributed by atoms with van der Waals surface area (Å²) in [5.74, 6) is 1.36. The molecule has 1 amide bonds. The van der Waals surface area contributed by atoms with E-state index >= 15 is 0 Å². The molecule has 7 heteroatoms. The van der Waals surface area contributed by atoms with Gasteiger partial charge in [0.1, 0.15) is 17.3 Å². The number of hydrazone groups is 1. The molecule has 0 atom stereocenters. The van der Waals surface area contributed by atoms with E-state index in [0.717, 1.165) is 5.56 Å². The quantitative estimate of drug-likeness (QED) is 0.492. The molecule has 0 aliphatic heterocycles. The van der Waals surface area contributed by atoms with Crippen LogP contribution < -0.4 is 10.2 Å². The first-order valence-electron chi connectivity index (χ1n) is 7.59. The molecule has 2 aromatic carbocycles. The fraction of sp³-hybridized carbons (Fsp3) is 0.0526. The first-order valence-corrected chi connectivity index (χ1v) is 8.35. The van der Waals surface area contributed by atoms with E-state index in [9.17, 15) is 4.79 Å². The summed E-state index contributed by atoms with van der Waals surface area (Å²) in [5, 5.41) is 4.95. The first kappa shape index (κ1) is 18.0. The molecular weight excluding hydrogens is 375 g/mol. The number of benzene rings is 2. The van der Waals surface area contributed by atoms with E-state index in [4.69, 9.17) is 32.4 Å². The number of ether oxygens (including phenoxy) is 1. The van der Waals surface area contributed by atoms with Crippen LogP contribution in [0.5, 0.6) is 5.75 Å². The third-order valence-corrected chi connectivity index (χ3v) is 4.07. The zero-order chi connectivity index (χ0) is 18.5. The van der Waals surface area contributed by atoms with Crippen LogP contribution in [0.1, 0.15) is 16.1 Å². The van der Waals surface area contributed by atoms with Crippen molar-refractivity contribution in [1.82, 2.24) is 5.43 Å². The van der Waals surface area contributed by atoms with Crippen molar-refractivity contribution in [2.45, 2.75) is 0 Å². The molecule has 0 saturated carbocycles. The highest BCUT2D eigenvalue weighted by Gasteiger charge is 2.08. The normalized spacial score (nSPS) is 10.9. The lowest BCUT2D eigenvalue weighted by Crippen LogP contribution is -2.17. The second kappa shape index (κ2) is 8.08. The van der Waals surface area contributed by atoms with Gasteiger partial charge in [-0.1, -0.05) is 23.2 Å². The molecule has 0 fully saturated rings. The SMILES string of the molecule is COc1ccc(-c2ccc(C=NNC(=O)c3ccc(Cl)cc3)o2)cc1Cl. The van der Waals surface area contributed by atoms with Crippen LogP contribution in [0.3, 0.4) is 0 Å². The van der Waals surface area contributed by atoms with E-state index in [2.05, 4.69) is 10.5 Å². The van der Waals surface area contributed by atoms with Gasteiger partial charge in [-0.2, -0.15) is 5.10 Å². The van der Waals surface area contributed by atoms with Gasteiger partial charge in [0.25, 0.3) is 5.91 Å². The van der Waals surface area contributed by atoms with Gasteiger partial charge in [-0.05, 0) is 54.6 Å². The topological polar surface area (TPSA) is 63.8 Å². The van der Waals surface area contributed by atoms with Gasteiger partial charge in [0.15, 0.2) is 0 Å². The Morgan fingerprint density at radius 3 is 2.58 bits per heavy atom. The number of amides is 1. The number of hydrogen-bond donors (Lipinski definition) is 1. The molecule has 26 heavy (non-hydrogen) atoms. The number of nitrogens with zero attached hydrogens (tertiary/aromatic N) is 1. The fourth-order valence-electron chi connectivity index (χ4n) is 2.22. The average Bonchev–Trinajstić information content (AvgIpc) is 3.11. The van der Waals surface area contributed by atoms with Crippen molar-refractivity contribution < 1.29 is 13.9 Å². The highest BCUT2D eigenvalue weighted by molar-refractivity contribution is 6.32. The van der Waals surface area contributed by atoms with E-state index < -0.39 is 0 Å². The van der Waals surface area contributed by atoms with E-state index in [1.807, 2.05) is 6.07 Å². The summed E-state index contributed by atoms with van der Waals surface area (Å²) in [5.41, 5.74) is 3.69. The van der Waals surface area contributed by atoms with Crippen LogP contribution in [0, 0.1) is 0 Å². The van der Waals surface area contributed by atoms with Crippen LogP contribution in [-0.2, 0) is 0 Å². The Balaban J connectivity index is 1.66. The molecule has 0 bridgehead atoms. The molecule has 3 rings (SSSR count). The zero-order valence-corrected chi connectivity index (χ0v) is 15.2. The van der Waals surface area contributed by atoms with Crippen LogP contribution in [-0.4, -0.2) is 19.2 Å². The molecule has 0 unspecified atom stereocenters. The van der Waals surface area contributed by atoms with E-state index in [1.54, 1.807) is 55.6 Å². The van der Waals surface area contributed by atoms with Gasteiger partial charge in [0.2, 0.25) is 0 Å². The molecular formula is C19H14Cl2N2O3. The summed E-state index contributed by atoms with van der Waals surface area (Å²) in [7, 11) is 1.56. The van der Waals surface area contributed by atoms with E-state index in [0.29, 0.717) is 32.9 Å². The molecule has 0 spiro atoms. The molecule has 0 aliphatic carbocycles. The Morgan fingerprint density at radius 2 is 1.88 bits per heavy atom. The maximum absolute atomic E-state index is 11.9. The smallest absolute Gasteiger partial charge is 0.271 e. The van der Waals surface area contributed by atoms with Gasteiger partial charge in [0, 0.05) is 16.1 Å². The number of carbonyl (C=O) groups is 1. The molecule has 0 radical (unpaired) electrons. The Kier molecular flexibility index (Phi) is 5.61. The number of carbonyl (C=O) groups excluding carboxylic acids is 1. The molecule has 1 N–H and O–H groups in total. The summed E-state index contributed by atoms with van der Waals surface area (Å²) in [6, 6.07) is 15.4. The van der Waals surface area contributed by atoms with Gasteiger partial charge in [-0.3, -0.25) is 4.79 Å². The van der Waals surface area contributed by atoms with Crippen molar-refractivity contribution in [3.05, 3.63) is 76.0 Å². The lowest BCUT2D eigenvalue weighted by molar-refractivity contribution is 0.0955. The first-order chi connectivity index (χ1) is 12.6. The number of methoxy groups -OCH3 is 1. The van der Waals surface area contributed by atoms with Crippen molar-refractivity contribution in [3.63, 3.8) is 0 Å². The lowest BCUT2D eigenvalue weighted by atomic mass is 10.2. The van der Waals surface area contributed by atoms with Crippen molar-refractivity contribution in [3.8, 4) is 17.1 Å². The largest absolute Gasteiger partial charge is 0.495 e. The van der Waals surface area contributed by atoms with Crippen molar-refractivity contribution in [2.24, 2.45) is 5.10 Å². The van der Waals surface area contributed by atoms with Crippen molar-refractivity contribution in [1.29, 1.82) is 0 Å².